The number of para-hydroxylation sites is 2. The van der Waals surface area contributed by atoms with Gasteiger partial charge in [0, 0.05) is 17.5 Å². The fourth-order valence-corrected chi connectivity index (χ4v) is 3.13. The lowest BCUT2D eigenvalue weighted by molar-refractivity contribution is -0.116. The first-order chi connectivity index (χ1) is 12.7. The van der Waals surface area contributed by atoms with Crippen molar-refractivity contribution in [2.24, 2.45) is 0 Å². The number of aromatic nitrogens is 2. The fraction of sp³-hybridized carbons (Fsp3) is 0.150. The third-order valence-electron chi connectivity index (χ3n) is 3.58. The van der Waals surface area contributed by atoms with Crippen LogP contribution in [0.5, 0.6) is 0 Å². The summed E-state index contributed by atoms with van der Waals surface area (Å²) in [6.45, 7) is 0.584. The third kappa shape index (κ3) is 5.39. The molecule has 3 rings (SSSR count). The van der Waals surface area contributed by atoms with Gasteiger partial charge in [-0.3, -0.25) is 9.78 Å². The van der Waals surface area contributed by atoms with Gasteiger partial charge < -0.3 is 5.32 Å². The van der Waals surface area contributed by atoms with Crippen LogP contribution in [-0.2, 0) is 4.79 Å². The second-order valence-electron chi connectivity index (χ2n) is 5.56. The van der Waals surface area contributed by atoms with Gasteiger partial charge in [0.15, 0.2) is 0 Å². The Morgan fingerprint density at radius 2 is 1.88 bits per heavy atom. The van der Waals surface area contributed by atoms with Crippen LogP contribution in [-0.4, -0.2) is 28.2 Å². The third-order valence-corrected chi connectivity index (χ3v) is 4.67. The van der Waals surface area contributed by atoms with Gasteiger partial charge in [-0.15, -0.1) is 11.8 Å². The van der Waals surface area contributed by atoms with E-state index in [0.717, 1.165) is 28.1 Å². The number of fused-ring (bicyclic) bond motifs is 1. The lowest BCUT2D eigenvalue weighted by atomic mass is 10.3. The average molecular weight is 367 g/mol. The second kappa shape index (κ2) is 9.10. The zero-order chi connectivity index (χ0) is 18.2. The minimum Gasteiger partial charge on any atom is -0.353 e. The predicted octanol–water partition coefficient (Wildman–Crippen LogP) is 4.08. The van der Waals surface area contributed by atoms with Gasteiger partial charge >= 0.3 is 0 Å². The molecule has 0 fully saturated rings. The fourth-order valence-electron chi connectivity index (χ4n) is 2.28. The van der Waals surface area contributed by atoms with E-state index in [1.165, 1.54) is 18.2 Å². The monoisotopic (exact) mass is 367 g/mol. The molecule has 0 aliphatic rings. The molecule has 0 radical (unpaired) electrons. The first-order valence-corrected chi connectivity index (χ1v) is 9.25. The van der Waals surface area contributed by atoms with E-state index in [1.807, 2.05) is 24.3 Å². The summed E-state index contributed by atoms with van der Waals surface area (Å²) in [6, 6.07) is 14.0. The number of carbonyl (C=O) groups is 1. The molecule has 0 atom stereocenters. The molecule has 0 aliphatic carbocycles. The summed E-state index contributed by atoms with van der Waals surface area (Å²) in [5, 5.41) is 2.84. The lowest BCUT2D eigenvalue weighted by Gasteiger charge is -2.03. The zero-order valence-corrected chi connectivity index (χ0v) is 14.9. The molecule has 6 heteroatoms. The number of hydrogen-bond donors (Lipinski definition) is 1. The second-order valence-corrected chi connectivity index (χ2v) is 6.73. The van der Waals surface area contributed by atoms with E-state index in [9.17, 15) is 9.18 Å². The van der Waals surface area contributed by atoms with E-state index in [4.69, 9.17) is 0 Å². The number of hydrogen-bond acceptors (Lipinski definition) is 4. The van der Waals surface area contributed by atoms with Crippen molar-refractivity contribution in [2.75, 3.05) is 12.3 Å². The Bertz CT molecular complexity index is 912. The number of carbonyl (C=O) groups excluding carboxylic acids is 1. The molecule has 1 aromatic heterocycles. The highest BCUT2D eigenvalue weighted by Crippen LogP contribution is 2.18. The minimum atomic E-state index is -0.232. The molecule has 3 aromatic rings. The van der Waals surface area contributed by atoms with Gasteiger partial charge in [0.2, 0.25) is 5.91 Å². The number of rotatable bonds is 7. The zero-order valence-electron chi connectivity index (χ0n) is 14.1. The van der Waals surface area contributed by atoms with E-state index < -0.39 is 0 Å². The van der Waals surface area contributed by atoms with E-state index in [2.05, 4.69) is 15.3 Å². The Morgan fingerprint density at radius 1 is 1.12 bits per heavy atom. The molecule has 4 nitrogen and oxygen atoms in total. The Hall–Kier alpha value is -2.73. The van der Waals surface area contributed by atoms with Crippen molar-refractivity contribution in [3.8, 4) is 0 Å². The van der Waals surface area contributed by atoms with Crippen LogP contribution in [0.15, 0.2) is 65.7 Å². The predicted molar refractivity (Wildman–Crippen MR) is 103 cm³/mol. The van der Waals surface area contributed by atoms with Crippen molar-refractivity contribution < 1.29 is 9.18 Å². The quantitative estimate of drug-likeness (QED) is 0.388. The molecule has 0 saturated carbocycles. The van der Waals surface area contributed by atoms with Gasteiger partial charge in [-0.05, 0) is 54.6 Å². The molecule has 2 aromatic carbocycles. The van der Waals surface area contributed by atoms with Crippen molar-refractivity contribution in [3.05, 3.63) is 72.3 Å². The van der Waals surface area contributed by atoms with Gasteiger partial charge in [-0.2, -0.15) is 0 Å². The van der Waals surface area contributed by atoms with Crippen molar-refractivity contribution in [1.29, 1.82) is 0 Å². The molecule has 0 spiro atoms. The van der Waals surface area contributed by atoms with Gasteiger partial charge in [-0.1, -0.05) is 12.1 Å². The maximum Gasteiger partial charge on any atom is 0.244 e. The van der Waals surface area contributed by atoms with Gasteiger partial charge in [0.05, 0.1) is 22.9 Å². The summed E-state index contributed by atoms with van der Waals surface area (Å²) in [7, 11) is 0. The standard InChI is InChI=1S/C20H18FN3OS/c21-15-6-9-17(10-7-15)26-13-3-12-22-20(25)11-8-16-14-23-18-4-1-2-5-19(18)24-16/h1-2,4-11,14H,3,12-13H2,(H,22,25)/b11-8+. The van der Waals surface area contributed by atoms with Crippen molar-refractivity contribution in [3.63, 3.8) is 0 Å². The average Bonchev–Trinajstić information content (AvgIpc) is 2.67. The number of benzene rings is 2. The van der Waals surface area contributed by atoms with Crippen LogP contribution in [0, 0.1) is 5.82 Å². The maximum absolute atomic E-state index is 12.8. The summed E-state index contributed by atoms with van der Waals surface area (Å²) in [5.74, 6) is 0.461. The molecule has 0 bridgehead atoms. The number of amides is 1. The van der Waals surface area contributed by atoms with Crippen LogP contribution >= 0.6 is 11.8 Å². The summed E-state index contributed by atoms with van der Waals surface area (Å²) < 4.78 is 12.8. The van der Waals surface area contributed by atoms with Crippen LogP contribution in [0.4, 0.5) is 4.39 Å². The molecule has 1 N–H and O–H groups in total. The highest BCUT2D eigenvalue weighted by Gasteiger charge is 1.99. The van der Waals surface area contributed by atoms with Crippen LogP contribution in [0.2, 0.25) is 0 Å². The van der Waals surface area contributed by atoms with Crippen molar-refractivity contribution in [2.45, 2.75) is 11.3 Å². The summed E-state index contributed by atoms with van der Waals surface area (Å²) in [4.78, 5) is 21.6. The van der Waals surface area contributed by atoms with Gasteiger partial charge in [0.1, 0.15) is 5.82 Å². The van der Waals surface area contributed by atoms with Crippen LogP contribution in [0.3, 0.4) is 0 Å². The van der Waals surface area contributed by atoms with Crippen molar-refractivity contribution in [1.82, 2.24) is 15.3 Å². The summed E-state index contributed by atoms with van der Waals surface area (Å²) in [6.07, 6.45) is 5.59. The molecule has 26 heavy (non-hydrogen) atoms. The van der Waals surface area contributed by atoms with Gasteiger partial charge in [-0.25, -0.2) is 9.37 Å². The lowest BCUT2D eigenvalue weighted by Crippen LogP contribution is -2.22. The first kappa shape index (κ1) is 18.1. The van der Waals surface area contributed by atoms with E-state index in [-0.39, 0.29) is 11.7 Å². The van der Waals surface area contributed by atoms with Crippen LogP contribution in [0.1, 0.15) is 12.1 Å². The first-order valence-electron chi connectivity index (χ1n) is 8.27. The number of nitrogens with zero attached hydrogens (tertiary/aromatic N) is 2. The Kier molecular flexibility index (Phi) is 6.33. The summed E-state index contributed by atoms with van der Waals surface area (Å²) >= 11 is 1.64. The SMILES string of the molecule is O=C(/C=C/c1cnc2ccccc2n1)NCCCSc1ccc(F)cc1. The van der Waals surface area contributed by atoms with Crippen LogP contribution < -0.4 is 5.32 Å². The van der Waals surface area contributed by atoms with Crippen LogP contribution in [0.25, 0.3) is 17.1 Å². The topological polar surface area (TPSA) is 54.9 Å². The van der Waals surface area contributed by atoms with E-state index in [0.29, 0.717) is 12.2 Å². The maximum atomic E-state index is 12.8. The highest BCUT2D eigenvalue weighted by atomic mass is 32.2. The van der Waals surface area contributed by atoms with Crippen molar-refractivity contribution >= 4 is 34.8 Å². The number of nitrogens with one attached hydrogen (secondary N) is 1. The number of thioether (sulfide) groups is 1. The Balaban J connectivity index is 1.40. The largest absolute Gasteiger partial charge is 0.353 e. The molecule has 1 heterocycles. The smallest absolute Gasteiger partial charge is 0.244 e. The molecule has 0 aliphatic heterocycles. The molecule has 132 valence electrons. The Morgan fingerprint density at radius 3 is 2.69 bits per heavy atom. The summed E-state index contributed by atoms with van der Waals surface area (Å²) in [5.41, 5.74) is 2.27. The number of halogens is 1. The normalized spacial score (nSPS) is 11.1. The Labute approximate surface area is 155 Å². The van der Waals surface area contributed by atoms with E-state index in [1.54, 1.807) is 36.2 Å². The highest BCUT2D eigenvalue weighted by molar-refractivity contribution is 7.99. The minimum absolute atomic E-state index is 0.160. The molecule has 1 amide bonds. The molecule has 0 saturated heterocycles. The molecular weight excluding hydrogens is 349 g/mol. The van der Waals surface area contributed by atoms with Gasteiger partial charge in [0.25, 0.3) is 0 Å². The molecular formula is C20H18FN3OS. The van der Waals surface area contributed by atoms with E-state index >= 15 is 0 Å². The molecule has 0 unspecified atom stereocenters.